The fourth-order valence-corrected chi connectivity index (χ4v) is 4.93. The molecule has 1 atom stereocenters. The number of nitrogens with one attached hydrogen (secondary N) is 4. The van der Waals surface area contributed by atoms with Gasteiger partial charge >= 0.3 is 12.1 Å². The number of carbonyl (C=O) groups excluding carboxylic acids is 2. The number of rotatable bonds is 2. The molecule has 2 aromatic carbocycles. The van der Waals surface area contributed by atoms with Crippen molar-refractivity contribution in [1.82, 2.24) is 20.2 Å². The molecule has 0 spiro atoms. The van der Waals surface area contributed by atoms with E-state index >= 15 is 0 Å². The monoisotopic (exact) mass is 563 g/mol. The quantitative estimate of drug-likeness (QED) is 0.291. The van der Waals surface area contributed by atoms with Gasteiger partial charge in [-0.15, -0.1) is 0 Å². The molecule has 2 aliphatic heterocycles. The molecule has 5 rings (SSSR count). The van der Waals surface area contributed by atoms with Gasteiger partial charge in [0.25, 0.3) is 0 Å². The van der Waals surface area contributed by atoms with E-state index in [4.69, 9.17) is 16.3 Å². The van der Waals surface area contributed by atoms with E-state index in [0.717, 1.165) is 41.8 Å². The minimum Gasteiger partial charge on any atom is -0.444 e. The number of halogens is 1. The Morgan fingerprint density at radius 2 is 1.93 bits per heavy atom. The van der Waals surface area contributed by atoms with Crippen LogP contribution in [0, 0.1) is 0 Å². The molecule has 2 aliphatic rings. The summed E-state index contributed by atoms with van der Waals surface area (Å²) in [6.07, 6.45) is 4.23. The van der Waals surface area contributed by atoms with E-state index in [1.165, 1.54) is 0 Å². The minimum absolute atomic E-state index is 0.170. The molecule has 1 aromatic heterocycles. The molecule has 3 heterocycles. The third-order valence-electron chi connectivity index (χ3n) is 6.63. The van der Waals surface area contributed by atoms with E-state index < -0.39 is 5.60 Å². The average Bonchev–Trinajstić information content (AvgIpc) is 2.90. The lowest BCUT2D eigenvalue weighted by molar-refractivity contribution is 0.0191. The summed E-state index contributed by atoms with van der Waals surface area (Å²) in [7, 11) is 0. The van der Waals surface area contributed by atoms with Gasteiger partial charge in [-0.05, 0) is 87.9 Å². The van der Waals surface area contributed by atoms with Crippen molar-refractivity contribution < 1.29 is 14.3 Å². The topological polar surface area (TPSA) is 121 Å². The number of urea groups is 1. The van der Waals surface area contributed by atoms with Crippen LogP contribution in [0.4, 0.5) is 38.4 Å². The van der Waals surface area contributed by atoms with Crippen molar-refractivity contribution in [2.45, 2.75) is 58.1 Å². The molecule has 6 bridgehead atoms. The van der Waals surface area contributed by atoms with Gasteiger partial charge in [-0.1, -0.05) is 23.7 Å². The van der Waals surface area contributed by atoms with Crippen molar-refractivity contribution in [1.29, 1.82) is 0 Å². The Hall–Kier alpha value is -4.05. The van der Waals surface area contributed by atoms with Crippen LogP contribution in [0.25, 0.3) is 0 Å². The first-order chi connectivity index (χ1) is 19.1. The van der Waals surface area contributed by atoms with Crippen molar-refractivity contribution in [3.8, 4) is 0 Å². The second kappa shape index (κ2) is 11.6. The van der Waals surface area contributed by atoms with E-state index in [9.17, 15) is 9.59 Å². The summed E-state index contributed by atoms with van der Waals surface area (Å²) in [5.41, 5.74) is 3.91. The molecule has 210 valence electrons. The van der Waals surface area contributed by atoms with Crippen LogP contribution < -0.4 is 21.3 Å². The first kappa shape index (κ1) is 27.5. The largest absolute Gasteiger partial charge is 0.444 e. The maximum atomic E-state index is 13.1. The van der Waals surface area contributed by atoms with Crippen molar-refractivity contribution >= 4 is 52.6 Å². The van der Waals surface area contributed by atoms with E-state index in [1.807, 2.05) is 51.1 Å². The number of piperidine rings is 1. The van der Waals surface area contributed by atoms with Crippen molar-refractivity contribution in [3.05, 3.63) is 64.8 Å². The lowest BCUT2D eigenvalue weighted by Gasteiger charge is -2.34. The van der Waals surface area contributed by atoms with Crippen LogP contribution in [0.1, 0.15) is 44.7 Å². The number of hydrogen-bond acceptors (Lipinski definition) is 7. The third kappa shape index (κ3) is 7.12. The van der Waals surface area contributed by atoms with Gasteiger partial charge in [0.15, 0.2) is 5.82 Å². The highest BCUT2D eigenvalue weighted by atomic mass is 35.5. The zero-order chi connectivity index (χ0) is 28.3. The Bertz CT molecular complexity index is 1410. The van der Waals surface area contributed by atoms with Gasteiger partial charge in [-0.3, -0.25) is 0 Å². The van der Waals surface area contributed by atoms with E-state index in [-0.39, 0.29) is 18.2 Å². The highest BCUT2D eigenvalue weighted by Crippen LogP contribution is 2.29. The van der Waals surface area contributed by atoms with Crippen LogP contribution in [-0.4, -0.2) is 51.7 Å². The third-order valence-corrected chi connectivity index (χ3v) is 6.91. The highest BCUT2D eigenvalue weighted by Gasteiger charge is 2.28. The molecule has 0 radical (unpaired) electrons. The Morgan fingerprint density at radius 3 is 2.75 bits per heavy atom. The van der Waals surface area contributed by atoms with Crippen molar-refractivity contribution in [2.24, 2.45) is 0 Å². The number of benzene rings is 2. The first-order valence-electron chi connectivity index (χ1n) is 13.5. The summed E-state index contributed by atoms with van der Waals surface area (Å²) in [6.45, 7) is 6.55. The van der Waals surface area contributed by atoms with Gasteiger partial charge < -0.3 is 30.9 Å². The number of amides is 3. The Labute approximate surface area is 238 Å². The molecule has 1 saturated heterocycles. The van der Waals surface area contributed by atoms with Crippen LogP contribution >= 0.6 is 11.6 Å². The second-order valence-electron chi connectivity index (χ2n) is 11.1. The number of anilines is 5. The van der Waals surface area contributed by atoms with Crippen molar-refractivity contribution in [3.63, 3.8) is 0 Å². The number of nitrogens with zero attached hydrogens (tertiary/aromatic N) is 3. The summed E-state index contributed by atoms with van der Waals surface area (Å²) in [6, 6.07) is 13.3. The fourth-order valence-electron chi connectivity index (χ4n) is 4.80. The van der Waals surface area contributed by atoms with Gasteiger partial charge in [0, 0.05) is 36.2 Å². The van der Waals surface area contributed by atoms with Crippen LogP contribution in [-0.2, 0) is 17.6 Å². The SMILES string of the molecule is CC(C)(C)OC(=O)N1CCCC(NC(=O)Nc2ccc3cc2CCc2cccc(c2)Nc2ncc(Cl)c(n2)N3)C1. The number of fused-ring (bicyclic) bond motifs is 6. The predicted molar refractivity (Wildman–Crippen MR) is 157 cm³/mol. The molecule has 1 fully saturated rings. The highest BCUT2D eigenvalue weighted by molar-refractivity contribution is 6.32. The summed E-state index contributed by atoms with van der Waals surface area (Å²) in [5, 5.41) is 13.0. The molecule has 3 aromatic rings. The number of carbonyl (C=O) groups is 2. The van der Waals surface area contributed by atoms with Gasteiger partial charge in [0.05, 0.1) is 6.20 Å². The maximum absolute atomic E-state index is 13.1. The number of ether oxygens (including phenoxy) is 1. The zero-order valence-electron chi connectivity index (χ0n) is 22.9. The second-order valence-corrected chi connectivity index (χ2v) is 11.5. The Balaban J connectivity index is 1.32. The number of aromatic nitrogens is 2. The van der Waals surface area contributed by atoms with Crippen LogP contribution in [0.5, 0.6) is 0 Å². The van der Waals surface area contributed by atoms with Gasteiger partial charge in [0.2, 0.25) is 5.95 Å². The molecule has 0 aliphatic carbocycles. The Kier molecular flexibility index (Phi) is 7.97. The minimum atomic E-state index is -0.567. The first-order valence-corrected chi connectivity index (χ1v) is 13.8. The molecule has 10 nitrogen and oxygen atoms in total. The van der Waals surface area contributed by atoms with Crippen molar-refractivity contribution in [2.75, 3.05) is 29.0 Å². The Morgan fingerprint density at radius 1 is 1.10 bits per heavy atom. The van der Waals surface area contributed by atoms with Crippen LogP contribution in [0.2, 0.25) is 5.02 Å². The average molecular weight is 564 g/mol. The molecular formula is C29H34ClN7O3. The number of likely N-dealkylation sites (tertiary alicyclic amines) is 1. The van der Waals surface area contributed by atoms with Crippen LogP contribution in [0.3, 0.4) is 0 Å². The normalized spacial score (nSPS) is 16.7. The fraction of sp³-hybridized carbons (Fsp3) is 0.379. The van der Waals surface area contributed by atoms with E-state index in [1.54, 1.807) is 11.1 Å². The molecule has 3 amide bonds. The summed E-state index contributed by atoms with van der Waals surface area (Å²) < 4.78 is 5.51. The molecule has 11 heteroatoms. The lowest BCUT2D eigenvalue weighted by Crippen LogP contribution is -2.51. The molecule has 40 heavy (non-hydrogen) atoms. The molecular weight excluding hydrogens is 530 g/mol. The maximum Gasteiger partial charge on any atom is 0.410 e. The zero-order valence-corrected chi connectivity index (χ0v) is 23.6. The van der Waals surface area contributed by atoms with Gasteiger partial charge in [0.1, 0.15) is 10.6 Å². The summed E-state index contributed by atoms with van der Waals surface area (Å²) >= 11 is 6.37. The van der Waals surface area contributed by atoms with E-state index in [0.29, 0.717) is 42.0 Å². The van der Waals surface area contributed by atoms with Gasteiger partial charge in [-0.2, -0.15) is 4.98 Å². The number of aryl methyl sites for hydroxylation is 2. The smallest absolute Gasteiger partial charge is 0.410 e. The number of hydrogen-bond donors (Lipinski definition) is 4. The standard InChI is InChI=1S/C29H34ClN7O3/c1-29(2,3)40-28(39)37-13-5-8-22(17-37)34-27(38)35-24-12-11-21-15-19(24)10-9-18-6-4-7-20(14-18)33-26-31-16-23(30)25(32-21)36-26/h4,6-7,11-12,14-16,22H,5,8-10,13,17H2,1-3H3,(H2,34,35,38)(H2,31,32,33,36). The van der Waals surface area contributed by atoms with E-state index in [2.05, 4.69) is 43.4 Å². The van der Waals surface area contributed by atoms with Gasteiger partial charge in [-0.25, -0.2) is 14.6 Å². The predicted octanol–water partition coefficient (Wildman–Crippen LogP) is 6.24. The molecule has 0 saturated carbocycles. The van der Waals surface area contributed by atoms with Crippen LogP contribution in [0.15, 0.2) is 48.7 Å². The summed E-state index contributed by atoms with van der Waals surface area (Å²) in [4.78, 5) is 36.1. The molecule has 1 unspecified atom stereocenters. The molecule has 4 N–H and O–H groups in total. The summed E-state index contributed by atoms with van der Waals surface area (Å²) in [5.74, 6) is 0.914. The lowest BCUT2D eigenvalue weighted by atomic mass is 10.0.